The number of aromatic nitrogens is 3. The van der Waals surface area contributed by atoms with E-state index < -0.39 is 5.82 Å². The number of benzene rings is 1. The highest BCUT2D eigenvalue weighted by Gasteiger charge is 2.29. The number of carbonyl (C=O) groups is 1. The maximum atomic E-state index is 14.4. The van der Waals surface area contributed by atoms with Crippen molar-refractivity contribution in [3.63, 3.8) is 0 Å². The minimum absolute atomic E-state index is 0.0574. The van der Waals surface area contributed by atoms with Gasteiger partial charge in [0.15, 0.2) is 5.69 Å². The Labute approximate surface area is 190 Å². The van der Waals surface area contributed by atoms with Crippen LogP contribution in [-0.4, -0.2) is 38.4 Å². The highest BCUT2D eigenvalue weighted by Crippen LogP contribution is 2.39. The fraction of sp³-hybridized carbons (Fsp3) is 0.333. The molecular weight excluding hydrogens is 429 g/mol. The lowest BCUT2D eigenvalue weighted by atomic mass is 10.1. The molecule has 0 radical (unpaired) electrons. The molecular formula is C24H21ClFN5O. The smallest absolute Gasteiger partial charge is 0.275 e. The van der Waals surface area contributed by atoms with Gasteiger partial charge in [0.05, 0.1) is 17.4 Å². The van der Waals surface area contributed by atoms with E-state index in [9.17, 15) is 9.18 Å². The number of halogens is 2. The second-order valence-corrected chi connectivity index (χ2v) is 8.64. The maximum absolute atomic E-state index is 14.4. The Balaban J connectivity index is 1.62. The van der Waals surface area contributed by atoms with Gasteiger partial charge in [-0.05, 0) is 62.4 Å². The fourth-order valence-electron chi connectivity index (χ4n) is 4.11. The lowest BCUT2D eigenvalue weighted by Crippen LogP contribution is -2.36. The summed E-state index contributed by atoms with van der Waals surface area (Å²) in [5, 5.41) is 9.23. The number of amides is 1. The van der Waals surface area contributed by atoms with Crippen molar-refractivity contribution in [1.29, 1.82) is 5.26 Å². The summed E-state index contributed by atoms with van der Waals surface area (Å²) in [6.45, 7) is 1.33. The van der Waals surface area contributed by atoms with Crippen molar-refractivity contribution < 1.29 is 9.18 Å². The van der Waals surface area contributed by atoms with Crippen LogP contribution in [-0.2, 0) is 0 Å². The summed E-state index contributed by atoms with van der Waals surface area (Å²) in [4.78, 5) is 24.1. The van der Waals surface area contributed by atoms with Crippen molar-refractivity contribution in [3.05, 3.63) is 64.5 Å². The van der Waals surface area contributed by atoms with Crippen LogP contribution in [0.2, 0.25) is 5.15 Å². The number of nitrogens with zero attached hydrogens (tertiary/aromatic N) is 5. The molecule has 162 valence electrons. The quantitative estimate of drug-likeness (QED) is 0.555. The van der Waals surface area contributed by atoms with Gasteiger partial charge in [0.25, 0.3) is 5.91 Å². The number of likely N-dealkylation sites (tertiary alicyclic amines) is 1. The van der Waals surface area contributed by atoms with Crippen LogP contribution in [0, 0.1) is 17.1 Å². The van der Waals surface area contributed by atoms with Crippen LogP contribution >= 0.6 is 11.6 Å². The SMILES string of the molecule is N#Cc1ccc(-c2nc(C(=O)N3CCCCC3)c(Cl)n2-c2ccc(C3CC3)nc2)cc1F. The molecule has 1 saturated carbocycles. The third-order valence-electron chi connectivity index (χ3n) is 6.04. The minimum atomic E-state index is -0.651. The number of nitriles is 1. The minimum Gasteiger partial charge on any atom is -0.337 e. The number of imidazole rings is 1. The molecule has 2 aromatic heterocycles. The zero-order valence-electron chi connectivity index (χ0n) is 17.4. The number of hydrogen-bond acceptors (Lipinski definition) is 4. The number of rotatable bonds is 4. The van der Waals surface area contributed by atoms with Gasteiger partial charge in [-0.15, -0.1) is 0 Å². The molecule has 5 rings (SSSR count). The van der Waals surface area contributed by atoms with Crippen LogP contribution in [0.4, 0.5) is 4.39 Å². The van der Waals surface area contributed by atoms with Crippen LogP contribution in [0.5, 0.6) is 0 Å². The molecule has 3 aromatic rings. The molecule has 32 heavy (non-hydrogen) atoms. The first-order valence-electron chi connectivity index (χ1n) is 10.8. The molecule has 1 aromatic carbocycles. The first-order valence-corrected chi connectivity index (χ1v) is 11.2. The van der Waals surface area contributed by atoms with Crippen LogP contribution < -0.4 is 0 Å². The molecule has 0 atom stereocenters. The fourth-order valence-corrected chi connectivity index (χ4v) is 4.41. The standard InChI is InChI=1S/C24H21ClFN5O/c25-22-21(24(32)30-10-2-1-3-11-30)29-23(16-6-7-17(13-27)19(26)12-16)31(22)18-8-9-20(28-14-18)15-4-5-15/h6-9,12,14-15H,1-5,10-11H2. The van der Waals surface area contributed by atoms with Crippen molar-refractivity contribution in [2.24, 2.45) is 0 Å². The molecule has 1 amide bonds. The summed E-state index contributed by atoms with van der Waals surface area (Å²) in [5.41, 5.74) is 2.18. The Morgan fingerprint density at radius 2 is 1.94 bits per heavy atom. The van der Waals surface area contributed by atoms with Gasteiger partial charge in [0.1, 0.15) is 22.9 Å². The van der Waals surface area contributed by atoms with Crippen molar-refractivity contribution in [2.45, 2.75) is 38.0 Å². The van der Waals surface area contributed by atoms with E-state index in [1.54, 1.807) is 21.7 Å². The summed E-state index contributed by atoms with van der Waals surface area (Å²) in [6, 6.07) is 9.93. The predicted octanol–water partition coefficient (Wildman–Crippen LogP) is 5.10. The van der Waals surface area contributed by atoms with E-state index in [1.165, 1.54) is 12.1 Å². The van der Waals surface area contributed by atoms with E-state index in [4.69, 9.17) is 16.9 Å². The second kappa shape index (κ2) is 8.36. The number of piperidine rings is 1. The van der Waals surface area contributed by atoms with Gasteiger partial charge in [0.2, 0.25) is 0 Å². The van der Waals surface area contributed by atoms with Crippen molar-refractivity contribution in [3.8, 4) is 23.1 Å². The monoisotopic (exact) mass is 449 g/mol. The van der Waals surface area contributed by atoms with E-state index in [1.807, 2.05) is 18.2 Å². The van der Waals surface area contributed by atoms with Crippen LogP contribution in [0.3, 0.4) is 0 Å². The third-order valence-corrected chi connectivity index (χ3v) is 6.39. The van der Waals surface area contributed by atoms with Crippen molar-refractivity contribution in [2.75, 3.05) is 13.1 Å². The Kier molecular flexibility index (Phi) is 5.40. The zero-order valence-corrected chi connectivity index (χ0v) is 18.1. The first kappa shape index (κ1) is 20.7. The van der Waals surface area contributed by atoms with E-state index in [0.717, 1.165) is 37.8 Å². The van der Waals surface area contributed by atoms with Gasteiger partial charge in [-0.1, -0.05) is 11.6 Å². The molecule has 1 aliphatic carbocycles. The second-order valence-electron chi connectivity index (χ2n) is 8.29. The number of pyridine rings is 1. The average molecular weight is 450 g/mol. The Bertz CT molecular complexity index is 1220. The molecule has 2 aliphatic rings. The Morgan fingerprint density at radius 3 is 2.56 bits per heavy atom. The maximum Gasteiger partial charge on any atom is 0.275 e. The highest BCUT2D eigenvalue weighted by molar-refractivity contribution is 6.33. The zero-order chi connectivity index (χ0) is 22.2. The van der Waals surface area contributed by atoms with Crippen LogP contribution in [0.15, 0.2) is 36.5 Å². The van der Waals surface area contributed by atoms with Gasteiger partial charge in [-0.25, -0.2) is 9.37 Å². The molecule has 0 bridgehead atoms. The Morgan fingerprint density at radius 1 is 1.16 bits per heavy atom. The van der Waals surface area contributed by atoms with Crippen molar-refractivity contribution in [1.82, 2.24) is 19.4 Å². The molecule has 0 spiro atoms. The highest BCUT2D eigenvalue weighted by atomic mass is 35.5. The van der Waals surface area contributed by atoms with Gasteiger partial charge in [-0.3, -0.25) is 14.3 Å². The molecule has 0 unspecified atom stereocenters. The Hall–Kier alpha value is -3.24. The molecule has 0 N–H and O–H groups in total. The summed E-state index contributed by atoms with van der Waals surface area (Å²) >= 11 is 6.72. The van der Waals surface area contributed by atoms with Gasteiger partial charge in [-0.2, -0.15) is 5.26 Å². The molecule has 1 aliphatic heterocycles. The largest absolute Gasteiger partial charge is 0.337 e. The summed E-state index contributed by atoms with van der Waals surface area (Å²) in [6.07, 6.45) is 6.99. The lowest BCUT2D eigenvalue weighted by molar-refractivity contribution is 0.0719. The van der Waals surface area contributed by atoms with E-state index in [0.29, 0.717) is 36.1 Å². The van der Waals surface area contributed by atoms with Crippen LogP contribution in [0.1, 0.15) is 59.8 Å². The predicted molar refractivity (Wildman–Crippen MR) is 118 cm³/mol. The molecule has 3 heterocycles. The summed E-state index contributed by atoms with van der Waals surface area (Å²) in [7, 11) is 0. The molecule has 6 nitrogen and oxygen atoms in total. The number of carbonyl (C=O) groups excluding carboxylic acids is 1. The van der Waals surface area contributed by atoms with Gasteiger partial charge in [0, 0.05) is 30.3 Å². The van der Waals surface area contributed by atoms with Gasteiger partial charge >= 0.3 is 0 Å². The van der Waals surface area contributed by atoms with Gasteiger partial charge < -0.3 is 4.90 Å². The van der Waals surface area contributed by atoms with Crippen LogP contribution in [0.25, 0.3) is 17.1 Å². The first-order chi connectivity index (χ1) is 15.6. The topological polar surface area (TPSA) is 74.8 Å². The molecule has 1 saturated heterocycles. The normalized spacial score (nSPS) is 16.1. The lowest BCUT2D eigenvalue weighted by Gasteiger charge is -2.25. The summed E-state index contributed by atoms with van der Waals surface area (Å²) < 4.78 is 16.0. The average Bonchev–Trinajstić information content (AvgIpc) is 3.62. The summed E-state index contributed by atoms with van der Waals surface area (Å²) in [5.74, 6) is -0.0430. The third kappa shape index (κ3) is 3.76. The molecule has 2 fully saturated rings. The van der Waals surface area contributed by atoms with E-state index in [2.05, 4.69) is 9.97 Å². The van der Waals surface area contributed by atoms with E-state index >= 15 is 0 Å². The van der Waals surface area contributed by atoms with Crippen molar-refractivity contribution >= 4 is 17.5 Å². The number of hydrogen-bond donors (Lipinski definition) is 0. The molecule has 8 heteroatoms. The van der Waals surface area contributed by atoms with E-state index in [-0.39, 0.29) is 22.3 Å².